The molecule has 0 heterocycles. The van der Waals surface area contributed by atoms with E-state index in [-0.39, 0.29) is 11.7 Å². The standard InChI is InChI=1S/C25H21F3O2/c26-25(27,28)30-22-14-12-19(13-15-22)24(16-11-18-9-10-18)20-5-4-8-23(17-20)29-21-6-2-1-3-7-21/h1-8,11-18,24H,9-10H2. The maximum Gasteiger partial charge on any atom is 0.573 e. The number of allylic oxidation sites excluding steroid dienone is 2. The second-order valence-corrected chi connectivity index (χ2v) is 7.30. The smallest absolute Gasteiger partial charge is 0.457 e. The van der Waals surface area contributed by atoms with Crippen molar-refractivity contribution in [2.45, 2.75) is 25.1 Å². The molecule has 1 aliphatic carbocycles. The third kappa shape index (κ3) is 5.66. The lowest BCUT2D eigenvalue weighted by Crippen LogP contribution is -2.17. The van der Waals surface area contributed by atoms with E-state index in [4.69, 9.17) is 4.74 Å². The van der Waals surface area contributed by atoms with Crippen molar-refractivity contribution >= 4 is 0 Å². The highest BCUT2D eigenvalue weighted by molar-refractivity contribution is 5.43. The molecule has 0 N–H and O–H groups in total. The molecule has 1 unspecified atom stereocenters. The quantitative estimate of drug-likeness (QED) is 0.376. The molecular formula is C25H21F3O2. The number of benzene rings is 3. The van der Waals surface area contributed by atoms with Gasteiger partial charge < -0.3 is 9.47 Å². The number of hydrogen-bond acceptors (Lipinski definition) is 2. The molecule has 0 radical (unpaired) electrons. The third-order valence-electron chi connectivity index (χ3n) is 4.87. The van der Waals surface area contributed by atoms with Gasteiger partial charge in [-0.3, -0.25) is 0 Å². The average Bonchev–Trinajstić information content (AvgIpc) is 3.54. The van der Waals surface area contributed by atoms with Crippen LogP contribution < -0.4 is 9.47 Å². The van der Waals surface area contributed by atoms with Gasteiger partial charge in [0.25, 0.3) is 0 Å². The van der Waals surface area contributed by atoms with Crippen LogP contribution in [0.15, 0.2) is 91.0 Å². The zero-order valence-corrected chi connectivity index (χ0v) is 16.2. The lowest BCUT2D eigenvalue weighted by Gasteiger charge is -2.17. The summed E-state index contributed by atoms with van der Waals surface area (Å²) in [5, 5.41) is 0. The van der Waals surface area contributed by atoms with E-state index in [9.17, 15) is 13.2 Å². The average molecular weight is 410 g/mol. The lowest BCUT2D eigenvalue weighted by molar-refractivity contribution is -0.274. The first-order valence-electron chi connectivity index (χ1n) is 9.83. The Kier molecular flexibility index (Phi) is 5.79. The van der Waals surface area contributed by atoms with Gasteiger partial charge in [0.15, 0.2) is 0 Å². The summed E-state index contributed by atoms with van der Waals surface area (Å²) in [6, 6.07) is 23.3. The molecule has 0 spiro atoms. The Hall–Kier alpha value is -3.21. The second kappa shape index (κ2) is 8.66. The molecule has 0 bridgehead atoms. The van der Waals surface area contributed by atoms with E-state index in [0.29, 0.717) is 11.7 Å². The molecule has 1 atom stereocenters. The molecule has 2 nitrogen and oxygen atoms in total. The van der Waals surface area contributed by atoms with Gasteiger partial charge in [-0.05, 0) is 66.3 Å². The third-order valence-corrected chi connectivity index (χ3v) is 4.87. The highest BCUT2D eigenvalue weighted by Gasteiger charge is 2.31. The van der Waals surface area contributed by atoms with Gasteiger partial charge in [0.2, 0.25) is 0 Å². The van der Waals surface area contributed by atoms with Crippen molar-refractivity contribution in [1.29, 1.82) is 0 Å². The van der Waals surface area contributed by atoms with Crippen molar-refractivity contribution in [1.82, 2.24) is 0 Å². The van der Waals surface area contributed by atoms with E-state index in [2.05, 4.69) is 16.9 Å². The number of rotatable bonds is 7. The minimum Gasteiger partial charge on any atom is -0.457 e. The zero-order chi connectivity index (χ0) is 21.0. The molecule has 0 aliphatic heterocycles. The van der Waals surface area contributed by atoms with Gasteiger partial charge >= 0.3 is 6.36 Å². The fourth-order valence-corrected chi connectivity index (χ4v) is 3.24. The summed E-state index contributed by atoms with van der Waals surface area (Å²) in [6.07, 6.45) is 1.97. The number of para-hydroxylation sites is 1. The summed E-state index contributed by atoms with van der Waals surface area (Å²) in [4.78, 5) is 0. The summed E-state index contributed by atoms with van der Waals surface area (Å²) in [7, 11) is 0. The van der Waals surface area contributed by atoms with E-state index in [0.717, 1.165) is 16.9 Å². The largest absolute Gasteiger partial charge is 0.573 e. The molecule has 3 aromatic rings. The molecule has 30 heavy (non-hydrogen) atoms. The van der Waals surface area contributed by atoms with Gasteiger partial charge in [-0.2, -0.15) is 0 Å². The molecule has 0 amide bonds. The molecular weight excluding hydrogens is 389 g/mol. The summed E-state index contributed by atoms with van der Waals surface area (Å²) < 4.78 is 47.3. The summed E-state index contributed by atoms with van der Waals surface area (Å²) in [6.45, 7) is 0. The first-order chi connectivity index (χ1) is 14.5. The SMILES string of the molecule is FC(F)(F)Oc1ccc(C(C=CC2CC2)c2cccc(Oc3ccccc3)c2)cc1. The molecule has 0 aromatic heterocycles. The molecule has 1 saturated carbocycles. The van der Waals surface area contributed by atoms with Crippen LogP contribution in [0.2, 0.25) is 0 Å². The van der Waals surface area contributed by atoms with E-state index < -0.39 is 6.36 Å². The maximum absolute atomic E-state index is 12.5. The molecule has 4 rings (SSSR count). The number of halogens is 3. The Morgan fingerprint density at radius 2 is 1.47 bits per heavy atom. The number of alkyl halides is 3. The van der Waals surface area contributed by atoms with Crippen LogP contribution in [0.3, 0.4) is 0 Å². The van der Waals surface area contributed by atoms with Crippen molar-refractivity contribution in [2.24, 2.45) is 5.92 Å². The first kappa shape index (κ1) is 20.1. The molecule has 3 aromatic carbocycles. The van der Waals surface area contributed by atoms with Crippen molar-refractivity contribution < 1.29 is 22.6 Å². The molecule has 5 heteroatoms. The van der Waals surface area contributed by atoms with Crippen molar-refractivity contribution in [3.63, 3.8) is 0 Å². The van der Waals surface area contributed by atoms with E-state index in [1.165, 1.54) is 25.0 Å². The maximum atomic E-state index is 12.5. The van der Waals surface area contributed by atoms with Crippen LogP contribution in [0.1, 0.15) is 29.9 Å². The fourth-order valence-electron chi connectivity index (χ4n) is 3.24. The minimum atomic E-state index is -4.70. The lowest BCUT2D eigenvalue weighted by atomic mass is 9.90. The van der Waals surface area contributed by atoms with Gasteiger partial charge in [-0.15, -0.1) is 13.2 Å². The topological polar surface area (TPSA) is 18.5 Å². The van der Waals surface area contributed by atoms with Crippen molar-refractivity contribution in [3.05, 3.63) is 102 Å². The van der Waals surface area contributed by atoms with Crippen LogP contribution in [0.25, 0.3) is 0 Å². The minimum absolute atomic E-state index is 0.0927. The number of hydrogen-bond donors (Lipinski definition) is 0. The van der Waals surface area contributed by atoms with Crippen LogP contribution in [0.5, 0.6) is 17.2 Å². The molecule has 1 aliphatic rings. The normalized spacial score (nSPS) is 15.2. The Morgan fingerprint density at radius 1 is 0.767 bits per heavy atom. The van der Waals surface area contributed by atoms with Crippen LogP contribution in [-0.2, 0) is 0 Å². The van der Waals surface area contributed by atoms with E-state index in [1.54, 1.807) is 12.1 Å². The predicted molar refractivity (Wildman–Crippen MR) is 110 cm³/mol. The summed E-state index contributed by atoms with van der Waals surface area (Å²) in [5.41, 5.74) is 1.89. The van der Waals surface area contributed by atoms with Gasteiger partial charge in [0.05, 0.1) is 0 Å². The van der Waals surface area contributed by atoms with Gasteiger partial charge in [-0.25, -0.2) is 0 Å². The highest BCUT2D eigenvalue weighted by Crippen LogP contribution is 2.35. The molecule has 154 valence electrons. The Balaban J connectivity index is 1.60. The summed E-state index contributed by atoms with van der Waals surface area (Å²) >= 11 is 0. The highest BCUT2D eigenvalue weighted by atomic mass is 19.4. The van der Waals surface area contributed by atoms with Gasteiger partial charge in [0, 0.05) is 5.92 Å². The Morgan fingerprint density at radius 3 is 2.13 bits per heavy atom. The molecule has 0 saturated heterocycles. The monoisotopic (exact) mass is 410 g/mol. The van der Waals surface area contributed by atoms with Gasteiger partial charge in [0.1, 0.15) is 17.2 Å². The predicted octanol–water partition coefficient (Wildman–Crippen LogP) is 7.48. The van der Waals surface area contributed by atoms with Crippen LogP contribution in [0.4, 0.5) is 13.2 Å². The number of ether oxygens (including phenoxy) is 2. The first-order valence-corrected chi connectivity index (χ1v) is 9.83. The van der Waals surface area contributed by atoms with Crippen molar-refractivity contribution in [3.8, 4) is 17.2 Å². The molecule has 1 fully saturated rings. The summed E-state index contributed by atoms with van der Waals surface area (Å²) in [5.74, 6) is 1.72. The Bertz CT molecular complexity index is 991. The van der Waals surface area contributed by atoms with Crippen molar-refractivity contribution in [2.75, 3.05) is 0 Å². The van der Waals surface area contributed by atoms with E-state index >= 15 is 0 Å². The van der Waals surface area contributed by atoms with Crippen LogP contribution in [0, 0.1) is 5.92 Å². The Labute approximate surface area is 173 Å². The fraction of sp³-hybridized carbons (Fsp3) is 0.200. The second-order valence-electron chi connectivity index (χ2n) is 7.30. The van der Waals surface area contributed by atoms with Crippen LogP contribution in [-0.4, -0.2) is 6.36 Å². The van der Waals surface area contributed by atoms with Gasteiger partial charge in [-0.1, -0.05) is 54.6 Å². The zero-order valence-electron chi connectivity index (χ0n) is 16.2. The van der Waals surface area contributed by atoms with Crippen LogP contribution >= 0.6 is 0 Å². The van der Waals surface area contributed by atoms with E-state index in [1.807, 2.05) is 54.6 Å².